The second-order valence-electron chi connectivity index (χ2n) is 6.48. The Labute approximate surface area is 165 Å². The minimum absolute atomic E-state index is 0.399. The summed E-state index contributed by atoms with van der Waals surface area (Å²) in [5.41, 5.74) is 2.14. The van der Waals surface area contributed by atoms with Crippen LogP contribution in [-0.2, 0) is 12.7 Å². The molecule has 4 rings (SSSR count). The fraction of sp³-hybridized carbons (Fsp3) is 0.0870. The molecule has 4 aromatic rings. The predicted molar refractivity (Wildman–Crippen MR) is 106 cm³/mol. The number of halogens is 3. The van der Waals surface area contributed by atoms with Gasteiger partial charge in [0.1, 0.15) is 5.69 Å². The van der Waals surface area contributed by atoms with Crippen molar-refractivity contribution in [3.05, 3.63) is 96.1 Å². The van der Waals surface area contributed by atoms with Gasteiger partial charge in [-0.3, -0.25) is 0 Å². The Balaban J connectivity index is 1.69. The van der Waals surface area contributed by atoms with Crippen molar-refractivity contribution in [2.45, 2.75) is 12.7 Å². The van der Waals surface area contributed by atoms with Crippen molar-refractivity contribution >= 4 is 5.88 Å². The number of benzene rings is 3. The maximum atomic E-state index is 12.9. The largest absolute Gasteiger partial charge is 0.420 e. The summed E-state index contributed by atoms with van der Waals surface area (Å²) in [6.45, 7) is 0.498. The van der Waals surface area contributed by atoms with Crippen molar-refractivity contribution in [1.29, 1.82) is 0 Å². The van der Waals surface area contributed by atoms with E-state index < -0.39 is 11.7 Å². The van der Waals surface area contributed by atoms with Crippen molar-refractivity contribution < 1.29 is 17.6 Å². The van der Waals surface area contributed by atoms with Crippen LogP contribution in [0.15, 0.2) is 89.3 Å². The minimum atomic E-state index is -4.38. The number of rotatable bonds is 5. The maximum absolute atomic E-state index is 12.9. The Morgan fingerprint density at radius 3 is 2.00 bits per heavy atom. The Morgan fingerprint density at radius 2 is 1.38 bits per heavy atom. The van der Waals surface area contributed by atoms with Crippen molar-refractivity contribution in [1.82, 2.24) is 4.98 Å². The van der Waals surface area contributed by atoms with Crippen LogP contribution in [0.4, 0.5) is 19.1 Å². The van der Waals surface area contributed by atoms with E-state index in [2.05, 4.69) is 10.3 Å². The topological polar surface area (TPSA) is 38.1 Å². The van der Waals surface area contributed by atoms with E-state index in [0.29, 0.717) is 29.6 Å². The third-order valence-electron chi connectivity index (χ3n) is 4.43. The molecular weight excluding hydrogens is 377 g/mol. The van der Waals surface area contributed by atoms with E-state index in [1.54, 1.807) is 0 Å². The van der Waals surface area contributed by atoms with Crippen LogP contribution in [0.1, 0.15) is 11.1 Å². The molecule has 146 valence electrons. The van der Waals surface area contributed by atoms with Gasteiger partial charge in [-0.15, -0.1) is 0 Å². The molecular formula is C23H17F3N2O. The van der Waals surface area contributed by atoms with E-state index in [-0.39, 0.29) is 0 Å². The van der Waals surface area contributed by atoms with Crippen LogP contribution in [0.3, 0.4) is 0 Å². The Bertz CT molecular complexity index is 1070. The first-order chi connectivity index (χ1) is 14.0. The van der Waals surface area contributed by atoms with E-state index in [0.717, 1.165) is 23.3 Å². The first-order valence-electron chi connectivity index (χ1n) is 9.02. The van der Waals surface area contributed by atoms with Gasteiger partial charge >= 0.3 is 6.18 Å². The van der Waals surface area contributed by atoms with Crippen LogP contribution in [0, 0.1) is 0 Å². The average Bonchev–Trinajstić information content (AvgIpc) is 3.17. The van der Waals surface area contributed by atoms with Gasteiger partial charge in [0.05, 0.1) is 5.56 Å². The summed E-state index contributed by atoms with van der Waals surface area (Å²) in [7, 11) is 0. The second kappa shape index (κ2) is 7.83. The number of alkyl halides is 3. The molecule has 0 amide bonds. The molecule has 3 nitrogen and oxygen atoms in total. The molecule has 0 aliphatic carbocycles. The monoisotopic (exact) mass is 394 g/mol. The summed E-state index contributed by atoms with van der Waals surface area (Å²) in [5.74, 6) is 0.809. The molecule has 29 heavy (non-hydrogen) atoms. The SMILES string of the molecule is FC(F)(F)c1ccc(-c2nc(-c3ccccc3)oc2NCc2ccccc2)cc1. The number of nitrogens with one attached hydrogen (secondary N) is 1. The van der Waals surface area contributed by atoms with Crippen LogP contribution < -0.4 is 5.32 Å². The van der Waals surface area contributed by atoms with Crippen LogP contribution in [0.5, 0.6) is 0 Å². The number of aromatic nitrogens is 1. The summed E-state index contributed by atoms with van der Waals surface area (Å²) < 4.78 is 44.6. The summed E-state index contributed by atoms with van der Waals surface area (Å²) in [5, 5.41) is 3.21. The standard InChI is InChI=1S/C23H17F3N2O/c24-23(25,26)19-13-11-17(12-14-19)20-22(27-15-16-7-3-1-4-8-16)29-21(28-20)18-9-5-2-6-10-18/h1-14,27H,15H2. The van der Waals surface area contributed by atoms with Gasteiger partial charge in [0.25, 0.3) is 0 Å². The fourth-order valence-corrected chi connectivity index (χ4v) is 2.94. The molecule has 1 N–H and O–H groups in total. The van der Waals surface area contributed by atoms with E-state index in [1.165, 1.54) is 12.1 Å². The van der Waals surface area contributed by atoms with Gasteiger partial charge in [0.2, 0.25) is 11.8 Å². The van der Waals surface area contributed by atoms with Crippen LogP contribution in [0.2, 0.25) is 0 Å². The van der Waals surface area contributed by atoms with E-state index in [4.69, 9.17) is 4.42 Å². The quantitative estimate of drug-likeness (QED) is 0.412. The highest BCUT2D eigenvalue weighted by atomic mass is 19.4. The Morgan fingerprint density at radius 1 is 0.759 bits per heavy atom. The molecule has 0 aliphatic rings. The van der Waals surface area contributed by atoms with Crippen molar-refractivity contribution in [2.75, 3.05) is 5.32 Å². The molecule has 0 bridgehead atoms. The van der Waals surface area contributed by atoms with E-state index >= 15 is 0 Å². The first-order valence-corrected chi connectivity index (χ1v) is 9.02. The average molecular weight is 394 g/mol. The summed E-state index contributed by atoms with van der Waals surface area (Å²) in [6, 6.07) is 24.0. The third kappa shape index (κ3) is 4.32. The predicted octanol–water partition coefficient (Wildman–Crippen LogP) is 6.64. The molecule has 0 fully saturated rings. The molecule has 0 unspecified atom stereocenters. The van der Waals surface area contributed by atoms with Gasteiger partial charge in [-0.05, 0) is 29.8 Å². The van der Waals surface area contributed by atoms with Crippen LogP contribution in [0.25, 0.3) is 22.7 Å². The maximum Gasteiger partial charge on any atom is 0.416 e. The van der Waals surface area contributed by atoms with Crippen LogP contribution in [-0.4, -0.2) is 4.98 Å². The zero-order chi connectivity index (χ0) is 20.3. The molecule has 0 aliphatic heterocycles. The smallest absolute Gasteiger partial charge is 0.416 e. The van der Waals surface area contributed by atoms with Gasteiger partial charge in [-0.25, -0.2) is 4.98 Å². The van der Waals surface area contributed by atoms with Gasteiger partial charge in [-0.1, -0.05) is 60.7 Å². The van der Waals surface area contributed by atoms with E-state index in [1.807, 2.05) is 60.7 Å². The molecule has 0 spiro atoms. The lowest BCUT2D eigenvalue weighted by Gasteiger charge is -2.08. The molecule has 0 saturated heterocycles. The normalized spacial score (nSPS) is 11.4. The molecule has 1 aromatic heterocycles. The second-order valence-corrected chi connectivity index (χ2v) is 6.48. The summed E-state index contributed by atoms with van der Waals surface area (Å²) in [4.78, 5) is 4.54. The number of hydrogen-bond acceptors (Lipinski definition) is 3. The number of hydrogen-bond donors (Lipinski definition) is 1. The molecule has 0 saturated carbocycles. The lowest BCUT2D eigenvalue weighted by Crippen LogP contribution is -2.04. The molecule has 1 heterocycles. The van der Waals surface area contributed by atoms with Crippen molar-refractivity contribution in [3.8, 4) is 22.7 Å². The molecule has 0 radical (unpaired) electrons. The Hall–Kier alpha value is -3.54. The molecule has 0 atom stereocenters. The van der Waals surface area contributed by atoms with E-state index in [9.17, 15) is 13.2 Å². The minimum Gasteiger partial charge on any atom is -0.420 e. The van der Waals surface area contributed by atoms with Gasteiger partial charge < -0.3 is 9.73 Å². The summed E-state index contributed by atoms with van der Waals surface area (Å²) in [6.07, 6.45) is -4.38. The van der Waals surface area contributed by atoms with Gasteiger partial charge in [0, 0.05) is 17.7 Å². The molecule has 6 heteroatoms. The number of nitrogens with zero attached hydrogens (tertiary/aromatic N) is 1. The first kappa shape index (κ1) is 18.8. The lowest BCUT2D eigenvalue weighted by atomic mass is 10.1. The highest BCUT2D eigenvalue weighted by Crippen LogP contribution is 2.35. The summed E-state index contributed by atoms with van der Waals surface area (Å²) >= 11 is 0. The molecule has 3 aromatic carbocycles. The zero-order valence-corrected chi connectivity index (χ0v) is 15.3. The van der Waals surface area contributed by atoms with Crippen molar-refractivity contribution in [3.63, 3.8) is 0 Å². The highest BCUT2D eigenvalue weighted by molar-refractivity contribution is 5.74. The fourth-order valence-electron chi connectivity index (χ4n) is 2.94. The zero-order valence-electron chi connectivity index (χ0n) is 15.3. The van der Waals surface area contributed by atoms with Gasteiger partial charge in [-0.2, -0.15) is 13.2 Å². The lowest BCUT2D eigenvalue weighted by molar-refractivity contribution is -0.137. The van der Waals surface area contributed by atoms with Crippen LogP contribution >= 0.6 is 0 Å². The highest BCUT2D eigenvalue weighted by Gasteiger charge is 2.30. The number of oxazole rings is 1. The number of anilines is 1. The van der Waals surface area contributed by atoms with Crippen molar-refractivity contribution in [2.24, 2.45) is 0 Å². The Kier molecular flexibility index (Phi) is 5.08. The van der Waals surface area contributed by atoms with Gasteiger partial charge in [0.15, 0.2) is 0 Å². The third-order valence-corrected chi connectivity index (χ3v) is 4.43.